The van der Waals surface area contributed by atoms with E-state index in [1.165, 1.54) is 0 Å². The van der Waals surface area contributed by atoms with Crippen LogP contribution in [0, 0.1) is 12.3 Å². The first-order chi connectivity index (χ1) is 6.17. The molecule has 74 valence electrons. The van der Waals surface area contributed by atoms with Crippen LogP contribution in [-0.4, -0.2) is 33.4 Å². The van der Waals surface area contributed by atoms with Gasteiger partial charge in [0, 0.05) is 6.61 Å². The first kappa shape index (κ1) is 10.5. The fourth-order valence-electron chi connectivity index (χ4n) is 1.22. The normalized spacial score (nSPS) is 23.8. The van der Waals surface area contributed by atoms with Crippen molar-refractivity contribution in [1.82, 2.24) is 4.72 Å². The Bertz CT molecular complexity index is 285. The molecule has 0 saturated carbocycles. The molecular weight excluding hydrogens is 190 g/mol. The summed E-state index contributed by atoms with van der Waals surface area (Å²) >= 11 is 0. The van der Waals surface area contributed by atoms with Crippen LogP contribution in [0.5, 0.6) is 0 Å². The summed E-state index contributed by atoms with van der Waals surface area (Å²) in [5.74, 6) is 2.23. The lowest BCUT2D eigenvalue weighted by atomic mass is 10.2. The van der Waals surface area contributed by atoms with Gasteiger partial charge in [-0.3, -0.25) is 0 Å². The molecule has 0 aromatic heterocycles. The highest BCUT2D eigenvalue weighted by molar-refractivity contribution is 7.90. The third-order valence-electron chi connectivity index (χ3n) is 1.93. The van der Waals surface area contributed by atoms with Crippen LogP contribution in [0.15, 0.2) is 0 Å². The third kappa shape index (κ3) is 2.99. The van der Waals surface area contributed by atoms with Gasteiger partial charge in [0.2, 0.25) is 10.0 Å². The number of hydrogen-bond donors (Lipinski definition) is 1. The van der Waals surface area contributed by atoms with E-state index in [1.54, 1.807) is 0 Å². The fourth-order valence-corrected chi connectivity index (χ4v) is 2.49. The zero-order valence-corrected chi connectivity index (χ0v) is 8.14. The highest BCUT2D eigenvalue weighted by Gasteiger charge is 2.26. The van der Waals surface area contributed by atoms with Gasteiger partial charge in [-0.2, -0.15) is 0 Å². The van der Waals surface area contributed by atoms with Crippen LogP contribution < -0.4 is 4.72 Å². The lowest BCUT2D eigenvalue weighted by molar-refractivity contribution is 0.0988. The molecule has 0 radical (unpaired) electrons. The molecule has 0 amide bonds. The minimum Gasteiger partial charge on any atom is -0.380 e. The monoisotopic (exact) mass is 203 g/mol. The first-order valence-electron chi connectivity index (χ1n) is 4.16. The predicted molar refractivity (Wildman–Crippen MR) is 49.6 cm³/mol. The van der Waals surface area contributed by atoms with Crippen molar-refractivity contribution in [1.29, 1.82) is 0 Å². The highest BCUT2D eigenvalue weighted by Crippen LogP contribution is 2.13. The Morgan fingerprint density at radius 3 is 2.92 bits per heavy atom. The zero-order chi connectivity index (χ0) is 9.73. The summed E-state index contributed by atoms with van der Waals surface area (Å²) in [7, 11) is -3.26. The van der Waals surface area contributed by atoms with Gasteiger partial charge in [0.25, 0.3) is 0 Å². The Kier molecular flexibility index (Phi) is 3.72. The van der Waals surface area contributed by atoms with E-state index < -0.39 is 15.3 Å². The summed E-state index contributed by atoms with van der Waals surface area (Å²) in [5, 5.41) is -0.436. The first-order valence-corrected chi connectivity index (χ1v) is 5.71. The van der Waals surface area contributed by atoms with Gasteiger partial charge in [-0.25, -0.2) is 13.1 Å². The van der Waals surface area contributed by atoms with Crippen molar-refractivity contribution in [2.24, 2.45) is 0 Å². The van der Waals surface area contributed by atoms with Gasteiger partial charge in [0.15, 0.2) is 0 Å². The Labute approximate surface area is 78.7 Å². The Balaban J connectivity index is 2.53. The molecule has 0 aliphatic carbocycles. The molecule has 1 atom stereocenters. The summed E-state index contributed by atoms with van der Waals surface area (Å²) in [6.45, 7) is 0.986. The molecule has 1 aliphatic rings. The van der Waals surface area contributed by atoms with Gasteiger partial charge in [-0.1, -0.05) is 5.92 Å². The lowest BCUT2D eigenvalue weighted by Gasteiger charge is -2.21. The number of rotatable bonds is 3. The van der Waals surface area contributed by atoms with Crippen molar-refractivity contribution in [2.75, 3.05) is 19.8 Å². The molecule has 1 heterocycles. The lowest BCUT2D eigenvalue weighted by Crippen LogP contribution is -2.39. The summed E-state index contributed by atoms with van der Waals surface area (Å²) in [5.41, 5.74) is 0. The van der Waals surface area contributed by atoms with Crippen LogP contribution in [0.3, 0.4) is 0 Å². The molecule has 5 heteroatoms. The molecule has 1 saturated heterocycles. The van der Waals surface area contributed by atoms with Crippen LogP contribution in [0.2, 0.25) is 0 Å². The number of nitrogens with one attached hydrogen (secondary N) is 1. The van der Waals surface area contributed by atoms with Crippen LogP contribution in [0.1, 0.15) is 12.8 Å². The minimum absolute atomic E-state index is 0.0544. The molecule has 0 bridgehead atoms. The number of sulfonamides is 1. The second-order valence-electron chi connectivity index (χ2n) is 2.91. The van der Waals surface area contributed by atoms with E-state index >= 15 is 0 Å². The predicted octanol–water partition coefficient (Wildman–Crippen LogP) is -0.282. The van der Waals surface area contributed by atoms with E-state index in [1.807, 2.05) is 0 Å². The maximum atomic E-state index is 11.5. The van der Waals surface area contributed by atoms with Gasteiger partial charge in [-0.15, -0.1) is 6.42 Å². The molecule has 1 unspecified atom stereocenters. The summed E-state index contributed by atoms with van der Waals surface area (Å²) in [6.07, 6.45) is 6.40. The quantitative estimate of drug-likeness (QED) is 0.642. The van der Waals surface area contributed by atoms with Gasteiger partial charge in [0.1, 0.15) is 0 Å². The number of hydrogen-bond acceptors (Lipinski definition) is 3. The standard InChI is InChI=1S/C8H13NO3S/c1-2-5-9-13(10,11)8-4-3-6-12-7-8/h1,8-9H,3-7H2. The molecule has 13 heavy (non-hydrogen) atoms. The van der Waals surface area contributed by atoms with E-state index in [2.05, 4.69) is 10.6 Å². The fraction of sp³-hybridized carbons (Fsp3) is 0.750. The molecule has 1 rings (SSSR count). The van der Waals surface area contributed by atoms with Crippen molar-refractivity contribution < 1.29 is 13.2 Å². The molecule has 0 spiro atoms. The van der Waals surface area contributed by atoms with E-state index in [0.29, 0.717) is 13.0 Å². The van der Waals surface area contributed by atoms with Crippen molar-refractivity contribution in [3.63, 3.8) is 0 Å². The molecular formula is C8H13NO3S. The zero-order valence-electron chi connectivity index (χ0n) is 7.32. The largest absolute Gasteiger partial charge is 0.380 e. The Morgan fingerprint density at radius 1 is 1.62 bits per heavy atom. The van der Waals surface area contributed by atoms with Crippen LogP contribution in [0.25, 0.3) is 0 Å². The van der Waals surface area contributed by atoms with E-state index in [-0.39, 0.29) is 13.2 Å². The summed E-state index contributed by atoms with van der Waals surface area (Å²) in [4.78, 5) is 0. The van der Waals surface area contributed by atoms with Gasteiger partial charge in [0.05, 0.1) is 18.4 Å². The van der Waals surface area contributed by atoms with Gasteiger partial charge in [-0.05, 0) is 12.8 Å². The topological polar surface area (TPSA) is 55.4 Å². The molecule has 4 nitrogen and oxygen atoms in total. The van der Waals surface area contributed by atoms with Crippen molar-refractivity contribution in [2.45, 2.75) is 18.1 Å². The van der Waals surface area contributed by atoms with Crippen LogP contribution in [0.4, 0.5) is 0 Å². The Hall–Kier alpha value is -0.570. The summed E-state index contributed by atoms with van der Waals surface area (Å²) in [6, 6.07) is 0. The van der Waals surface area contributed by atoms with Gasteiger partial charge < -0.3 is 4.74 Å². The Morgan fingerprint density at radius 2 is 2.38 bits per heavy atom. The number of ether oxygens (including phenoxy) is 1. The number of terminal acetylenes is 1. The average molecular weight is 203 g/mol. The minimum atomic E-state index is -3.26. The van der Waals surface area contributed by atoms with Crippen LogP contribution in [-0.2, 0) is 14.8 Å². The maximum Gasteiger partial charge on any atom is 0.217 e. The molecule has 1 N–H and O–H groups in total. The maximum absolute atomic E-state index is 11.5. The van der Waals surface area contributed by atoms with Crippen molar-refractivity contribution in [3.8, 4) is 12.3 Å². The van der Waals surface area contributed by atoms with Gasteiger partial charge >= 0.3 is 0 Å². The second kappa shape index (κ2) is 4.61. The third-order valence-corrected chi connectivity index (χ3v) is 3.73. The summed E-state index contributed by atoms with van der Waals surface area (Å²) < 4.78 is 30.3. The second-order valence-corrected chi connectivity index (χ2v) is 4.95. The molecule has 0 aromatic carbocycles. The van der Waals surface area contributed by atoms with Crippen LogP contribution >= 0.6 is 0 Å². The SMILES string of the molecule is C#CCNS(=O)(=O)C1CCCOC1. The van der Waals surface area contributed by atoms with Crippen molar-refractivity contribution in [3.05, 3.63) is 0 Å². The molecule has 1 fully saturated rings. The highest BCUT2D eigenvalue weighted by atomic mass is 32.2. The average Bonchev–Trinajstić information content (AvgIpc) is 2.16. The molecule has 1 aliphatic heterocycles. The van der Waals surface area contributed by atoms with E-state index in [9.17, 15) is 8.42 Å². The van der Waals surface area contributed by atoms with Crippen molar-refractivity contribution >= 4 is 10.0 Å². The van der Waals surface area contributed by atoms with E-state index in [0.717, 1.165) is 6.42 Å². The smallest absolute Gasteiger partial charge is 0.217 e. The van der Waals surface area contributed by atoms with E-state index in [4.69, 9.17) is 11.2 Å². The molecule has 0 aromatic rings.